The summed E-state index contributed by atoms with van der Waals surface area (Å²) < 4.78 is 0. The van der Waals surface area contributed by atoms with E-state index in [1.54, 1.807) is 0 Å². The SMILES string of the molecule is CC(N=C=N)C(C)(C)CCN. The van der Waals surface area contributed by atoms with Crippen molar-refractivity contribution in [3.63, 3.8) is 0 Å². The fourth-order valence-electron chi connectivity index (χ4n) is 0.852. The minimum Gasteiger partial charge on any atom is -0.330 e. The molecular formula is C8H17N3. The second-order valence-corrected chi connectivity index (χ2v) is 3.44. The first kappa shape index (κ1) is 10.3. The second-order valence-electron chi connectivity index (χ2n) is 3.44. The van der Waals surface area contributed by atoms with E-state index >= 15 is 0 Å². The summed E-state index contributed by atoms with van der Waals surface area (Å²) in [5, 5.41) is 6.70. The predicted molar refractivity (Wildman–Crippen MR) is 47.1 cm³/mol. The van der Waals surface area contributed by atoms with Gasteiger partial charge in [0.15, 0.2) is 0 Å². The molecule has 3 N–H and O–H groups in total. The van der Waals surface area contributed by atoms with Gasteiger partial charge in [0.05, 0.1) is 12.1 Å². The fourth-order valence-corrected chi connectivity index (χ4v) is 0.852. The van der Waals surface area contributed by atoms with E-state index in [2.05, 4.69) is 24.8 Å². The second kappa shape index (κ2) is 4.27. The summed E-state index contributed by atoms with van der Waals surface area (Å²) in [6.45, 7) is 6.86. The molecule has 0 amide bonds. The monoisotopic (exact) mass is 155 g/mol. The number of nitrogens with zero attached hydrogens (tertiary/aromatic N) is 1. The van der Waals surface area contributed by atoms with Crippen LogP contribution in [0.3, 0.4) is 0 Å². The van der Waals surface area contributed by atoms with E-state index in [1.165, 1.54) is 0 Å². The van der Waals surface area contributed by atoms with Crippen molar-refractivity contribution in [2.75, 3.05) is 6.54 Å². The number of hydrogen-bond acceptors (Lipinski definition) is 3. The normalized spacial score (nSPS) is 13.8. The molecule has 0 aromatic heterocycles. The minimum atomic E-state index is 0.0861. The molecule has 3 heteroatoms. The Labute approximate surface area is 68.2 Å². The Morgan fingerprint density at radius 3 is 2.55 bits per heavy atom. The first-order valence-corrected chi connectivity index (χ1v) is 3.86. The number of nitrogens with two attached hydrogens (primary N) is 1. The van der Waals surface area contributed by atoms with Gasteiger partial charge in [-0.05, 0) is 25.3 Å². The van der Waals surface area contributed by atoms with Crippen LogP contribution >= 0.6 is 0 Å². The first-order valence-electron chi connectivity index (χ1n) is 3.86. The first-order chi connectivity index (χ1) is 5.04. The molecule has 0 saturated carbocycles. The molecule has 0 aliphatic carbocycles. The molecule has 11 heavy (non-hydrogen) atoms. The summed E-state index contributed by atoms with van der Waals surface area (Å²) in [4.78, 5) is 3.88. The zero-order chi connectivity index (χ0) is 8.91. The van der Waals surface area contributed by atoms with Crippen molar-refractivity contribution in [1.82, 2.24) is 0 Å². The molecule has 0 rings (SSSR count). The lowest BCUT2D eigenvalue weighted by Crippen LogP contribution is -2.27. The highest BCUT2D eigenvalue weighted by Crippen LogP contribution is 2.26. The number of aliphatic imine (C=N–C) groups is 1. The quantitative estimate of drug-likeness (QED) is 0.594. The van der Waals surface area contributed by atoms with E-state index in [0.29, 0.717) is 6.54 Å². The minimum absolute atomic E-state index is 0.0861. The summed E-state index contributed by atoms with van der Waals surface area (Å²) >= 11 is 0. The molecule has 0 bridgehead atoms. The average molecular weight is 155 g/mol. The van der Waals surface area contributed by atoms with E-state index in [1.807, 2.05) is 6.92 Å². The van der Waals surface area contributed by atoms with Crippen LogP contribution in [-0.2, 0) is 0 Å². The van der Waals surface area contributed by atoms with Gasteiger partial charge in [0.25, 0.3) is 0 Å². The molecule has 0 heterocycles. The van der Waals surface area contributed by atoms with Crippen molar-refractivity contribution >= 4 is 6.01 Å². The van der Waals surface area contributed by atoms with Gasteiger partial charge in [-0.3, -0.25) is 0 Å². The van der Waals surface area contributed by atoms with Crippen LogP contribution < -0.4 is 5.73 Å². The summed E-state index contributed by atoms with van der Waals surface area (Å²) in [7, 11) is 0. The Hall–Kier alpha value is -0.660. The highest BCUT2D eigenvalue weighted by molar-refractivity contribution is 5.36. The molecular weight excluding hydrogens is 138 g/mol. The topological polar surface area (TPSA) is 62.2 Å². The molecule has 0 aromatic carbocycles. The third-order valence-electron chi connectivity index (χ3n) is 2.18. The maximum Gasteiger partial charge on any atom is 0.0864 e. The highest BCUT2D eigenvalue weighted by atomic mass is 14.8. The van der Waals surface area contributed by atoms with Gasteiger partial charge in [0.1, 0.15) is 0 Å². The predicted octanol–water partition coefficient (Wildman–Crippen LogP) is 1.50. The number of hydrogen-bond donors (Lipinski definition) is 2. The van der Waals surface area contributed by atoms with Gasteiger partial charge < -0.3 is 5.73 Å². The van der Waals surface area contributed by atoms with E-state index in [0.717, 1.165) is 6.42 Å². The summed E-state index contributed by atoms with van der Waals surface area (Å²) in [5.74, 6) is 0. The highest BCUT2D eigenvalue weighted by Gasteiger charge is 2.23. The van der Waals surface area contributed by atoms with Crippen LogP contribution in [0.5, 0.6) is 0 Å². The van der Waals surface area contributed by atoms with Crippen molar-refractivity contribution in [2.24, 2.45) is 16.1 Å². The molecule has 0 radical (unpaired) electrons. The Kier molecular flexibility index (Phi) is 4.01. The molecule has 0 spiro atoms. The van der Waals surface area contributed by atoms with Crippen LogP contribution in [0.15, 0.2) is 4.99 Å². The van der Waals surface area contributed by atoms with Crippen LogP contribution in [0, 0.1) is 10.8 Å². The average Bonchev–Trinajstić information content (AvgIpc) is 1.88. The third kappa shape index (κ3) is 3.30. The van der Waals surface area contributed by atoms with Gasteiger partial charge in [-0.2, -0.15) is 0 Å². The molecule has 0 saturated heterocycles. The van der Waals surface area contributed by atoms with Crippen molar-refractivity contribution in [2.45, 2.75) is 33.2 Å². The Morgan fingerprint density at radius 1 is 1.64 bits per heavy atom. The Balaban J connectivity index is 4.15. The summed E-state index contributed by atoms with van der Waals surface area (Å²) in [5.41, 5.74) is 5.53. The molecule has 1 atom stereocenters. The lowest BCUT2D eigenvalue weighted by atomic mass is 9.82. The van der Waals surface area contributed by atoms with Gasteiger partial charge in [0, 0.05) is 0 Å². The smallest absolute Gasteiger partial charge is 0.0864 e. The van der Waals surface area contributed by atoms with Crippen LogP contribution in [-0.4, -0.2) is 18.6 Å². The van der Waals surface area contributed by atoms with Crippen LogP contribution in [0.25, 0.3) is 0 Å². The molecule has 0 fully saturated rings. The number of rotatable bonds is 4. The largest absolute Gasteiger partial charge is 0.330 e. The van der Waals surface area contributed by atoms with Gasteiger partial charge in [-0.15, -0.1) is 0 Å². The van der Waals surface area contributed by atoms with E-state index in [4.69, 9.17) is 11.1 Å². The lowest BCUT2D eigenvalue weighted by Gasteiger charge is -2.27. The van der Waals surface area contributed by atoms with Crippen LogP contribution in [0.1, 0.15) is 27.2 Å². The maximum atomic E-state index is 6.70. The molecule has 1 unspecified atom stereocenters. The summed E-state index contributed by atoms with van der Waals surface area (Å²) in [6.07, 6.45) is 0.930. The Morgan fingerprint density at radius 2 is 2.18 bits per heavy atom. The third-order valence-corrected chi connectivity index (χ3v) is 2.18. The standard InChI is InChI=1S/C8H17N3/c1-7(11-6-10)8(2,3)4-5-9/h7,10H,4-5,9H2,1-3H3. The van der Waals surface area contributed by atoms with Crippen molar-refractivity contribution in [3.8, 4) is 0 Å². The summed E-state index contributed by atoms with van der Waals surface area (Å²) in [6, 6.07) is 2.19. The zero-order valence-electron chi connectivity index (χ0n) is 7.52. The fraction of sp³-hybridized carbons (Fsp3) is 0.875. The van der Waals surface area contributed by atoms with Gasteiger partial charge in [-0.1, -0.05) is 13.8 Å². The van der Waals surface area contributed by atoms with E-state index in [9.17, 15) is 0 Å². The van der Waals surface area contributed by atoms with Gasteiger partial charge in [0.2, 0.25) is 0 Å². The van der Waals surface area contributed by atoms with E-state index < -0.39 is 0 Å². The maximum absolute atomic E-state index is 6.70. The molecule has 0 aliphatic heterocycles. The van der Waals surface area contributed by atoms with Gasteiger partial charge in [-0.25, -0.2) is 10.4 Å². The molecule has 0 aliphatic rings. The lowest BCUT2D eigenvalue weighted by molar-refractivity contribution is 0.284. The van der Waals surface area contributed by atoms with Crippen molar-refractivity contribution in [1.29, 1.82) is 5.41 Å². The molecule has 3 nitrogen and oxygen atoms in total. The van der Waals surface area contributed by atoms with Crippen molar-refractivity contribution in [3.05, 3.63) is 0 Å². The molecule has 64 valence electrons. The van der Waals surface area contributed by atoms with Gasteiger partial charge >= 0.3 is 0 Å². The Bertz CT molecular complexity index is 157. The molecule has 0 aromatic rings. The van der Waals surface area contributed by atoms with Crippen molar-refractivity contribution < 1.29 is 0 Å². The van der Waals surface area contributed by atoms with Crippen LogP contribution in [0.2, 0.25) is 0 Å². The zero-order valence-corrected chi connectivity index (χ0v) is 7.52. The van der Waals surface area contributed by atoms with Crippen LogP contribution in [0.4, 0.5) is 0 Å². The van der Waals surface area contributed by atoms with E-state index in [-0.39, 0.29) is 11.5 Å². The number of nitrogens with one attached hydrogen (secondary N) is 1.